The molecule has 3 aromatic rings. The summed E-state index contributed by atoms with van der Waals surface area (Å²) >= 11 is 0. The summed E-state index contributed by atoms with van der Waals surface area (Å²) in [6.45, 7) is 4.06. The first kappa shape index (κ1) is 22.2. The number of carbonyl (C=O) groups excluding carboxylic acids is 2. The third-order valence-electron chi connectivity index (χ3n) is 5.01. The summed E-state index contributed by atoms with van der Waals surface area (Å²) in [6, 6.07) is 5.19. The maximum Gasteiger partial charge on any atom is 0.329 e. The number of fused-ring (bicyclic) bond motifs is 1. The molecule has 0 radical (unpaired) electrons. The lowest BCUT2D eigenvalue weighted by molar-refractivity contribution is -0.142. The van der Waals surface area contributed by atoms with E-state index < -0.39 is 17.9 Å². The molecule has 2 heterocycles. The van der Waals surface area contributed by atoms with Crippen molar-refractivity contribution in [1.82, 2.24) is 25.5 Å². The van der Waals surface area contributed by atoms with Crippen molar-refractivity contribution < 1.29 is 14.3 Å². The molecule has 0 aliphatic heterocycles. The van der Waals surface area contributed by atoms with Crippen molar-refractivity contribution in [3.8, 4) is 0 Å². The topological polar surface area (TPSA) is 148 Å². The maximum atomic E-state index is 12.6. The van der Waals surface area contributed by atoms with Gasteiger partial charge in [-0.1, -0.05) is 12.1 Å². The van der Waals surface area contributed by atoms with Crippen LogP contribution in [0.5, 0.6) is 0 Å². The zero-order chi connectivity index (χ0) is 22.4. The van der Waals surface area contributed by atoms with Crippen LogP contribution in [0.3, 0.4) is 0 Å². The van der Waals surface area contributed by atoms with E-state index in [9.17, 15) is 9.59 Å². The van der Waals surface area contributed by atoms with Crippen LogP contribution in [0.2, 0.25) is 0 Å². The number of aryl methyl sites for hydroxylation is 3. The Balaban J connectivity index is 1.60. The van der Waals surface area contributed by atoms with E-state index >= 15 is 0 Å². The number of aromatic amines is 1. The molecule has 31 heavy (non-hydrogen) atoms. The van der Waals surface area contributed by atoms with Crippen LogP contribution in [0.15, 0.2) is 24.4 Å². The van der Waals surface area contributed by atoms with Gasteiger partial charge in [0.05, 0.1) is 35.8 Å². The normalized spacial score (nSPS) is 11.9. The SMILES string of the molecule is COC(=O)C(CN)NC(=O)c1c(C)nc(NCCCc2cccc3[nH]ncc23)nc1C. The van der Waals surface area contributed by atoms with Crippen LogP contribution in [0, 0.1) is 13.8 Å². The lowest BCUT2D eigenvalue weighted by Gasteiger charge is -2.16. The van der Waals surface area contributed by atoms with Gasteiger partial charge in [0, 0.05) is 18.5 Å². The van der Waals surface area contributed by atoms with E-state index in [1.807, 2.05) is 18.3 Å². The van der Waals surface area contributed by atoms with Crippen molar-refractivity contribution in [2.75, 3.05) is 25.5 Å². The van der Waals surface area contributed by atoms with E-state index in [1.165, 1.54) is 12.7 Å². The third-order valence-corrected chi connectivity index (χ3v) is 5.01. The van der Waals surface area contributed by atoms with Gasteiger partial charge in [-0.2, -0.15) is 5.10 Å². The summed E-state index contributed by atoms with van der Waals surface area (Å²) in [5.74, 6) is -0.608. The molecule has 1 atom stereocenters. The van der Waals surface area contributed by atoms with Gasteiger partial charge in [0.15, 0.2) is 0 Å². The fourth-order valence-electron chi connectivity index (χ4n) is 3.44. The molecule has 0 saturated carbocycles. The van der Waals surface area contributed by atoms with Gasteiger partial charge in [0.2, 0.25) is 5.95 Å². The van der Waals surface area contributed by atoms with Gasteiger partial charge in [-0.3, -0.25) is 9.89 Å². The predicted octanol–water partition coefficient (Wildman–Crippen LogP) is 1.24. The number of hydrogen-bond donors (Lipinski definition) is 4. The number of nitrogens with zero attached hydrogens (tertiary/aromatic N) is 3. The van der Waals surface area contributed by atoms with E-state index in [1.54, 1.807) is 13.8 Å². The van der Waals surface area contributed by atoms with Gasteiger partial charge >= 0.3 is 5.97 Å². The Labute approximate surface area is 180 Å². The molecular formula is C21H27N7O3. The molecule has 1 amide bonds. The molecule has 0 bridgehead atoms. The van der Waals surface area contributed by atoms with E-state index in [4.69, 9.17) is 5.73 Å². The number of aromatic nitrogens is 4. The zero-order valence-electron chi connectivity index (χ0n) is 17.9. The largest absolute Gasteiger partial charge is 0.467 e. The third kappa shape index (κ3) is 5.15. The number of carbonyl (C=O) groups is 2. The maximum absolute atomic E-state index is 12.6. The number of nitrogens with one attached hydrogen (secondary N) is 3. The molecule has 5 N–H and O–H groups in total. The van der Waals surface area contributed by atoms with Crippen molar-refractivity contribution >= 4 is 28.7 Å². The van der Waals surface area contributed by atoms with Gasteiger partial charge in [0.25, 0.3) is 5.91 Å². The van der Waals surface area contributed by atoms with Crippen molar-refractivity contribution in [2.24, 2.45) is 5.73 Å². The Morgan fingerprint density at radius 3 is 2.65 bits per heavy atom. The van der Waals surface area contributed by atoms with Gasteiger partial charge in [-0.25, -0.2) is 14.8 Å². The van der Waals surface area contributed by atoms with Crippen LogP contribution in [-0.2, 0) is 16.0 Å². The Hall–Kier alpha value is -3.53. The zero-order valence-corrected chi connectivity index (χ0v) is 17.9. The average molecular weight is 425 g/mol. The standard InChI is InChI=1S/C21H27N7O3/c1-12-18(19(29)27-17(10-22)20(30)31-3)13(2)26-21(25-12)23-9-5-7-14-6-4-8-16-15(14)11-24-28-16/h4,6,8,11,17H,5,7,9-10,22H2,1-3H3,(H,24,28)(H,27,29)(H,23,25,26). The average Bonchev–Trinajstić information content (AvgIpc) is 3.23. The fraction of sp³-hybridized carbons (Fsp3) is 0.381. The predicted molar refractivity (Wildman–Crippen MR) is 117 cm³/mol. The molecule has 164 valence electrons. The number of amides is 1. The number of H-pyrrole nitrogens is 1. The van der Waals surface area contributed by atoms with Crippen LogP contribution >= 0.6 is 0 Å². The molecule has 0 aliphatic carbocycles. The highest BCUT2D eigenvalue weighted by Gasteiger charge is 2.23. The first-order valence-corrected chi connectivity index (χ1v) is 10.0. The van der Waals surface area contributed by atoms with Crippen LogP contribution < -0.4 is 16.4 Å². The molecule has 10 heteroatoms. The summed E-state index contributed by atoms with van der Waals surface area (Å²) < 4.78 is 4.65. The summed E-state index contributed by atoms with van der Waals surface area (Å²) in [4.78, 5) is 33.1. The van der Waals surface area contributed by atoms with Crippen molar-refractivity contribution in [3.05, 3.63) is 46.9 Å². The Morgan fingerprint density at radius 2 is 1.97 bits per heavy atom. The lowest BCUT2D eigenvalue weighted by atomic mass is 10.1. The number of anilines is 1. The van der Waals surface area contributed by atoms with E-state index in [0.29, 0.717) is 29.4 Å². The molecule has 10 nitrogen and oxygen atoms in total. The van der Waals surface area contributed by atoms with Gasteiger partial charge in [0.1, 0.15) is 6.04 Å². The smallest absolute Gasteiger partial charge is 0.329 e. The number of methoxy groups -OCH3 is 1. The Morgan fingerprint density at radius 1 is 1.23 bits per heavy atom. The van der Waals surface area contributed by atoms with Crippen molar-refractivity contribution in [1.29, 1.82) is 0 Å². The Kier molecular flexibility index (Phi) is 7.14. The van der Waals surface area contributed by atoms with Crippen molar-refractivity contribution in [3.63, 3.8) is 0 Å². The van der Waals surface area contributed by atoms with Gasteiger partial charge in [-0.15, -0.1) is 0 Å². The Bertz CT molecular complexity index is 1060. The summed E-state index contributed by atoms with van der Waals surface area (Å²) in [5.41, 5.74) is 9.14. The number of benzene rings is 1. The summed E-state index contributed by atoms with van der Waals surface area (Å²) in [7, 11) is 1.24. The summed E-state index contributed by atoms with van der Waals surface area (Å²) in [5, 5.41) is 14.0. The second-order valence-corrected chi connectivity index (χ2v) is 7.16. The quantitative estimate of drug-likeness (QED) is 0.296. The number of hydrogen-bond acceptors (Lipinski definition) is 8. The minimum Gasteiger partial charge on any atom is -0.467 e. The second kappa shape index (κ2) is 9.98. The molecule has 0 spiro atoms. The van der Waals surface area contributed by atoms with E-state index in [-0.39, 0.29) is 6.54 Å². The highest BCUT2D eigenvalue weighted by atomic mass is 16.5. The lowest BCUT2D eigenvalue weighted by Crippen LogP contribution is -2.46. The van der Waals surface area contributed by atoms with Crippen LogP contribution in [-0.4, -0.2) is 58.3 Å². The molecule has 1 unspecified atom stereocenters. The summed E-state index contributed by atoms with van der Waals surface area (Å²) in [6.07, 6.45) is 3.61. The minimum atomic E-state index is -0.922. The first-order chi connectivity index (χ1) is 14.9. The number of rotatable bonds is 9. The fourth-order valence-corrected chi connectivity index (χ4v) is 3.44. The molecule has 2 aromatic heterocycles. The van der Waals surface area contributed by atoms with Crippen LogP contribution in [0.4, 0.5) is 5.95 Å². The number of ether oxygens (including phenoxy) is 1. The van der Waals surface area contributed by atoms with Gasteiger partial charge < -0.3 is 21.1 Å². The van der Waals surface area contributed by atoms with Crippen LogP contribution in [0.1, 0.15) is 33.7 Å². The van der Waals surface area contributed by atoms with E-state index in [0.717, 1.165) is 23.7 Å². The minimum absolute atomic E-state index is 0.0659. The van der Waals surface area contributed by atoms with Crippen LogP contribution in [0.25, 0.3) is 10.9 Å². The first-order valence-electron chi connectivity index (χ1n) is 10.0. The monoisotopic (exact) mass is 425 g/mol. The number of esters is 1. The highest BCUT2D eigenvalue weighted by Crippen LogP contribution is 2.18. The molecule has 0 saturated heterocycles. The molecule has 0 aliphatic rings. The van der Waals surface area contributed by atoms with E-state index in [2.05, 4.69) is 41.6 Å². The second-order valence-electron chi connectivity index (χ2n) is 7.16. The molecular weight excluding hydrogens is 398 g/mol. The molecule has 0 fully saturated rings. The molecule has 1 aromatic carbocycles. The van der Waals surface area contributed by atoms with Crippen molar-refractivity contribution in [2.45, 2.75) is 32.7 Å². The molecule has 3 rings (SSSR count). The van der Waals surface area contributed by atoms with Gasteiger partial charge in [-0.05, 0) is 38.3 Å². The highest BCUT2D eigenvalue weighted by molar-refractivity contribution is 5.98. The number of nitrogens with two attached hydrogens (primary N) is 1.